The van der Waals surface area contributed by atoms with Gasteiger partial charge in [-0.05, 0) is 27.0 Å². The lowest BCUT2D eigenvalue weighted by Gasteiger charge is -2.55. The predicted octanol–water partition coefficient (Wildman–Crippen LogP) is 1.60. The van der Waals surface area contributed by atoms with Crippen LogP contribution >= 0.6 is 0 Å². The van der Waals surface area contributed by atoms with Crippen molar-refractivity contribution < 1.29 is 5.11 Å². The van der Waals surface area contributed by atoms with Crippen molar-refractivity contribution in [2.75, 3.05) is 39.8 Å². The molecule has 1 N–H and O–H groups in total. The number of aromatic hydroxyl groups is 1. The molecule has 3 rings (SSSR count). The largest absolute Gasteiger partial charge is 0.508 e. The van der Waals surface area contributed by atoms with Crippen molar-refractivity contribution in [3.63, 3.8) is 0 Å². The van der Waals surface area contributed by atoms with Gasteiger partial charge in [0, 0.05) is 56.4 Å². The van der Waals surface area contributed by atoms with Crippen LogP contribution in [-0.2, 0) is 6.54 Å². The van der Waals surface area contributed by atoms with Gasteiger partial charge in [-0.3, -0.25) is 9.80 Å². The number of para-hydroxylation sites is 1. The Morgan fingerprint density at radius 1 is 1.19 bits per heavy atom. The lowest BCUT2D eigenvalue weighted by Crippen LogP contribution is -2.68. The van der Waals surface area contributed by atoms with Gasteiger partial charge in [-0.25, -0.2) is 0 Å². The summed E-state index contributed by atoms with van der Waals surface area (Å²) in [5, 5.41) is 9.95. The van der Waals surface area contributed by atoms with Gasteiger partial charge in [0.2, 0.25) is 0 Å². The molecule has 0 radical (unpaired) electrons. The van der Waals surface area contributed by atoms with E-state index in [0.717, 1.165) is 44.8 Å². The van der Waals surface area contributed by atoms with Crippen molar-refractivity contribution in [3.8, 4) is 5.75 Å². The third-order valence-electron chi connectivity index (χ3n) is 4.91. The van der Waals surface area contributed by atoms with Crippen LogP contribution in [0.2, 0.25) is 0 Å². The number of hydrogen-bond donors (Lipinski definition) is 1. The van der Waals surface area contributed by atoms with Crippen LogP contribution in [0.5, 0.6) is 5.75 Å². The average Bonchev–Trinajstić information content (AvgIpc) is 2.40. The first-order chi connectivity index (χ1) is 9.95. The second kappa shape index (κ2) is 5.59. The zero-order valence-corrected chi connectivity index (χ0v) is 13.4. The summed E-state index contributed by atoms with van der Waals surface area (Å²) in [5.41, 5.74) is 1.30. The van der Waals surface area contributed by atoms with Gasteiger partial charge < -0.3 is 10.0 Å². The summed E-state index contributed by atoms with van der Waals surface area (Å²) in [6.07, 6.45) is 0. The minimum absolute atomic E-state index is 0.263. The number of likely N-dealkylation sites (N-methyl/N-ethyl adjacent to an activating group) is 1. The van der Waals surface area contributed by atoms with E-state index in [0.29, 0.717) is 11.8 Å². The van der Waals surface area contributed by atoms with Crippen LogP contribution in [0.25, 0.3) is 0 Å². The molecule has 1 unspecified atom stereocenters. The third-order valence-corrected chi connectivity index (χ3v) is 4.91. The molecule has 0 amide bonds. The van der Waals surface area contributed by atoms with Crippen LogP contribution < -0.4 is 0 Å². The molecule has 2 aliphatic rings. The maximum Gasteiger partial charge on any atom is 0.120 e. The molecule has 0 bridgehead atoms. The summed E-state index contributed by atoms with van der Waals surface area (Å²) >= 11 is 0. The normalized spacial score (nSPS) is 27.5. The second-order valence-electron chi connectivity index (χ2n) is 7.22. The third kappa shape index (κ3) is 3.07. The van der Waals surface area contributed by atoms with E-state index in [1.54, 1.807) is 6.07 Å². The molecule has 0 aromatic heterocycles. The van der Waals surface area contributed by atoms with E-state index in [1.807, 2.05) is 18.2 Å². The molecule has 0 saturated carbocycles. The van der Waals surface area contributed by atoms with Gasteiger partial charge in [-0.2, -0.15) is 0 Å². The Morgan fingerprint density at radius 2 is 1.95 bits per heavy atom. The number of benzene rings is 1. The molecule has 21 heavy (non-hydrogen) atoms. The molecule has 1 aromatic rings. The Morgan fingerprint density at radius 3 is 2.71 bits per heavy atom. The Hall–Kier alpha value is -1.10. The van der Waals surface area contributed by atoms with Crippen LogP contribution in [0.3, 0.4) is 0 Å². The molecule has 0 spiro atoms. The zero-order valence-electron chi connectivity index (χ0n) is 13.4. The summed E-state index contributed by atoms with van der Waals surface area (Å²) in [4.78, 5) is 7.60. The molecule has 116 valence electrons. The molecular formula is C17H27N3O. The smallest absolute Gasteiger partial charge is 0.120 e. The zero-order chi connectivity index (χ0) is 15.0. The maximum absolute atomic E-state index is 9.95. The highest BCUT2D eigenvalue weighted by atomic mass is 16.3. The lowest BCUT2D eigenvalue weighted by molar-refractivity contribution is -0.0593. The van der Waals surface area contributed by atoms with E-state index < -0.39 is 0 Å². The first-order valence-corrected chi connectivity index (χ1v) is 7.90. The topological polar surface area (TPSA) is 30.0 Å². The SMILES string of the molecule is CN1CC2CN(Cc3ccccc3O)CCN2C(C)(C)C1. The van der Waals surface area contributed by atoms with E-state index >= 15 is 0 Å². The molecule has 2 aliphatic heterocycles. The fourth-order valence-electron chi connectivity index (χ4n) is 4.08. The average molecular weight is 289 g/mol. The molecular weight excluding hydrogens is 262 g/mol. The van der Waals surface area contributed by atoms with Gasteiger partial charge in [0.15, 0.2) is 0 Å². The van der Waals surface area contributed by atoms with Crippen LogP contribution in [0, 0.1) is 0 Å². The number of hydrogen-bond acceptors (Lipinski definition) is 4. The number of fused-ring (bicyclic) bond motifs is 1. The molecule has 1 atom stereocenters. The van der Waals surface area contributed by atoms with Gasteiger partial charge in [0.25, 0.3) is 0 Å². The van der Waals surface area contributed by atoms with Crippen molar-refractivity contribution in [1.82, 2.24) is 14.7 Å². The number of nitrogens with zero attached hydrogens (tertiary/aromatic N) is 3. The fourth-order valence-corrected chi connectivity index (χ4v) is 4.08. The quantitative estimate of drug-likeness (QED) is 0.896. The van der Waals surface area contributed by atoms with Crippen molar-refractivity contribution in [2.24, 2.45) is 0 Å². The summed E-state index contributed by atoms with van der Waals surface area (Å²) in [6.45, 7) is 11.1. The molecule has 1 aromatic carbocycles. The Balaban J connectivity index is 1.68. The van der Waals surface area contributed by atoms with Crippen LogP contribution in [-0.4, -0.2) is 71.2 Å². The Bertz CT molecular complexity index is 503. The number of phenols is 1. The van der Waals surface area contributed by atoms with Gasteiger partial charge in [-0.15, -0.1) is 0 Å². The number of piperazine rings is 2. The van der Waals surface area contributed by atoms with E-state index in [2.05, 4.69) is 35.6 Å². The minimum atomic E-state index is 0.263. The van der Waals surface area contributed by atoms with E-state index in [1.165, 1.54) is 0 Å². The highest BCUT2D eigenvalue weighted by Crippen LogP contribution is 2.28. The summed E-state index contributed by atoms with van der Waals surface area (Å²) in [7, 11) is 2.22. The fraction of sp³-hybridized carbons (Fsp3) is 0.647. The first-order valence-electron chi connectivity index (χ1n) is 7.90. The Kier molecular flexibility index (Phi) is 3.95. The summed E-state index contributed by atoms with van der Waals surface area (Å²) in [5.74, 6) is 0.418. The number of phenolic OH excluding ortho intramolecular Hbond substituents is 1. The molecule has 2 heterocycles. The van der Waals surface area contributed by atoms with Gasteiger partial charge >= 0.3 is 0 Å². The highest BCUT2D eigenvalue weighted by Gasteiger charge is 2.41. The van der Waals surface area contributed by atoms with Gasteiger partial charge in [-0.1, -0.05) is 18.2 Å². The predicted molar refractivity (Wildman–Crippen MR) is 85.5 cm³/mol. The molecule has 2 fully saturated rings. The van der Waals surface area contributed by atoms with Crippen LogP contribution in [0.15, 0.2) is 24.3 Å². The van der Waals surface area contributed by atoms with E-state index in [-0.39, 0.29) is 5.54 Å². The van der Waals surface area contributed by atoms with E-state index in [9.17, 15) is 5.11 Å². The van der Waals surface area contributed by atoms with Gasteiger partial charge in [0.1, 0.15) is 5.75 Å². The second-order valence-corrected chi connectivity index (χ2v) is 7.22. The monoisotopic (exact) mass is 289 g/mol. The minimum Gasteiger partial charge on any atom is -0.508 e. The lowest BCUT2D eigenvalue weighted by atomic mass is 9.93. The van der Waals surface area contributed by atoms with Crippen LogP contribution in [0.4, 0.5) is 0 Å². The Labute approximate surface area is 128 Å². The van der Waals surface area contributed by atoms with Crippen LogP contribution in [0.1, 0.15) is 19.4 Å². The van der Waals surface area contributed by atoms with Gasteiger partial charge in [0.05, 0.1) is 0 Å². The highest BCUT2D eigenvalue weighted by molar-refractivity contribution is 5.31. The maximum atomic E-state index is 9.95. The summed E-state index contributed by atoms with van der Waals surface area (Å²) in [6, 6.07) is 8.29. The van der Waals surface area contributed by atoms with Crippen molar-refractivity contribution in [1.29, 1.82) is 0 Å². The van der Waals surface area contributed by atoms with E-state index in [4.69, 9.17) is 0 Å². The first kappa shape index (κ1) is 14.8. The van der Waals surface area contributed by atoms with Crippen molar-refractivity contribution in [2.45, 2.75) is 32.0 Å². The molecule has 2 saturated heterocycles. The number of rotatable bonds is 2. The molecule has 4 nitrogen and oxygen atoms in total. The van der Waals surface area contributed by atoms with Crippen molar-refractivity contribution >= 4 is 0 Å². The standard InChI is InChI=1S/C17H27N3O/c1-17(2)13-18(3)11-15-12-19(8-9-20(15)17)10-14-6-4-5-7-16(14)21/h4-7,15,21H,8-13H2,1-3H3. The van der Waals surface area contributed by atoms with Crippen molar-refractivity contribution in [3.05, 3.63) is 29.8 Å². The molecule has 0 aliphatic carbocycles. The molecule has 4 heteroatoms. The summed E-state index contributed by atoms with van der Waals surface area (Å²) < 4.78 is 0.